The van der Waals surface area contributed by atoms with Crippen LogP contribution in [0.2, 0.25) is 0 Å². The lowest BCUT2D eigenvalue weighted by Gasteiger charge is -2.10. The van der Waals surface area contributed by atoms with Crippen LogP contribution in [0, 0.1) is 13.8 Å². The van der Waals surface area contributed by atoms with Crippen molar-refractivity contribution in [3.05, 3.63) is 64.8 Å². The minimum atomic E-state index is -0.133. The SMILES string of the molecule is Cc1ccc2nc(C)c(C(=O)NCc3ccc4c(c3)OCO4)cc2c1. The number of hydrogen-bond acceptors (Lipinski definition) is 4. The second kappa shape index (κ2) is 6.09. The lowest BCUT2D eigenvalue weighted by atomic mass is 10.1. The lowest BCUT2D eigenvalue weighted by molar-refractivity contribution is 0.0950. The molecule has 1 aliphatic rings. The molecule has 1 N–H and O–H groups in total. The zero-order valence-corrected chi connectivity index (χ0v) is 14.1. The van der Waals surface area contributed by atoms with E-state index in [0.717, 1.165) is 33.5 Å². The average Bonchev–Trinajstić information content (AvgIpc) is 3.07. The first-order chi connectivity index (χ1) is 12.1. The van der Waals surface area contributed by atoms with Crippen molar-refractivity contribution in [1.29, 1.82) is 0 Å². The van der Waals surface area contributed by atoms with Gasteiger partial charge in [-0.3, -0.25) is 9.78 Å². The average molecular weight is 334 g/mol. The van der Waals surface area contributed by atoms with Crippen molar-refractivity contribution in [3.8, 4) is 11.5 Å². The van der Waals surface area contributed by atoms with Crippen LogP contribution in [0.1, 0.15) is 27.2 Å². The van der Waals surface area contributed by atoms with E-state index >= 15 is 0 Å². The van der Waals surface area contributed by atoms with Gasteiger partial charge in [-0.05, 0) is 49.7 Å². The number of fused-ring (bicyclic) bond motifs is 2. The molecule has 5 nitrogen and oxygen atoms in total. The largest absolute Gasteiger partial charge is 0.454 e. The molecule has 126 valence electrons. The van der Waals surface area contributed by atoms with Crippen molar-refractivity contribution < 1.29 is 14.3 Å². The summed E-state index contributed by atoms with van der Waals surface area (Å²) in [6, 6.07) is 13.6. The van der Waals surface area contributed by atoms with E-state index in [-0.39, 0.29) is 12.7 Å². The van der Waals surface area contributed by atoms with Gasteiger partial charge in [0.25, 0.3) is 5.91 Å². The van der Waals surface area contributed by atoms with Gasteiger partial charge in [0.2, 0.25) is 6.79 Å². The van der Waals surface area contributed by atoms with Crippen molar-refractivity contribution in [3.63, 3.8) is 0 Å². The van der Waals surface area contributed by atoms with Gasteiger partial charge in [0, 0.05) is 11.9 Å². The molecule has 0 atom stereocenters. The van der Waals surface area contributed by atoms with Gasteiger partial charge >= 0.3 is 0 Å². The lowest BCUT2D eigenvalue weighted by Crippen LogP contribution is -2.24. The van der Waals surface area contributed by atoms with Gasteiger partial charge in [0.15, 0.2) is 11.5 Å². The molecule has 0 saturated heterocycles. The number of amides is 1. The van der Waals surface area contributed by atoms with E-state index in [1.54, 1.807) is 0 Å². The predicted molar refractivity (Wildman–Crippen MR) is 95.0 cm³/mol. The van der Waals surface area contributed by atoms with Crippen LogP contribution in [-0.2, 0) is 6.54 Å². The highest BCUT2D eigenvalue weighted by molar-refractivity contribution is 5.98. The summed E-state index contributed by atoms with van der Waals surface area (Å²) >= 11 is 0. The highest BCUT2D eigenvalue weighted by Crippen LogP contribution is 2.32. The van der Waals surface area contributed by atoms with Crippen LogP contribution in [0.5, 0.6) is 11.5 Å². The molecule has 0 saturated carbocycles. The van der Waals surface area contributed by atoms with Crippen LogP contribution in [0.3, 0.4) is 0 Å². The maximum Gasteiger partial charge on any atom is 0.253 e. The molecule has 1 amide bonds. The minimum absolute atomic E-state index is 0.133. The highest BCUT2D eigenvalue weighted by atomic mass is 16.7. The first-order valence-corrected chi connectivity index (χ1v) is 8.15. The monoisotopic (exact) mass is 334 g/mol. The summed E-state index contributed by atoms with van der Waals surface area (Å²) in [5.74, 6) is 1.32. The highest BCUT2D eigenvalue weighted by Gasteiger charge is 2.15. The van der Waals surface area contributed by atoms with Gasteiger partial charge in [-0.1, -0.05) is 17.7 Å². The molecule has 2 heterocycles. The molecule has 4 rings (SSSR count). The molecule has 3 aromatic rings. The van der Waals surface area contributed by atoms with Crippen LogP contribution in [0.25, 0.3) is 10.9 Å². The quantitative estimate of drug-likeness (QED) is 0.796. The molecule has 0 bridgehead atoms. The zero-order chi connectivity index (χ0) is 17.4. The Morgan fingerprint density at radius 1 is 1.08 bits per heavy atom. The predicted octanol–water partition coefficient (Wildman–Crippen LogP) is 3.51. The summed E-state index contributed by atoms with van der Waals surface area (Å²) in [7, 11) is 0. The zero-order valence-electron chi connectivity index (χ0n) is 14.1. The Hall–Kier alpha value is -3.08. The van der Waals surface area contributed by atoms with Gasteiger partial charge in [0.05, 0.1) is 16.8 Å². The summed E-state index contributed by atoms with van der Waals surface area (Å²) in [6.45, 7) is 4.54. The van der Waals surface area contributed by atoms with E-state index in [1.165, 1.54) is 0 Å². The van der Waals surface area contributed by atoms with Gasteiger partial charge in [-0.25, -0.2) is 0 Å². The third-order valence-corrected chi connectivity index (χ3v) is 4.30. The molecule has 0 aliphatic carbocycles. The van der Waals surface area contributed by atoms with E-state index in [9.17, 15) is 4.79 Å². The standard InChI is InChI=1S/C20H18N2O3/c1-12-3-5-17-15(7-12)9-16(13(2)22-17)20(23)21-10-14-4-6-18-19(8-14)25-11-24-18/h3-9H,10-11H2,1-2H3,(H,21,23). The number of rotatable bonds is 3. The molecule has 1 aliphatic heterocycles. The summed E-state index contributed by atoms with van der Waals surface area (Å²) < 4.78 is 10.7. The summed E-state index contributed by atoms with van der Waals surface area (Å²) in [4.78, 5) is 17.1. The molecule has 0 fully saturated rings. The molecular formula is C20H18N2O3. The van der Waals surface area contributed by atoms with E-state index in [1.807, 2.05) is 56.3 Å². The van der Waals surface area contributed by atoms with Crippen LogP contribution in [0.4, 0.5) is 0 Å². The minimum Gasteiger partial charge on any atom is -0.454 e. The smallest absolute Gasteiger partial charge is 0.253 e. The van der Waals surface area contributed by atoms with E-state index in [2.05, 4.69) is 10.3 Å². The van der Waals surface area contributed by atoms with Gasteiger partial charge < -0.3 is 14.8 Å². The van der Waals surface area contributed by atoms with Crippen LogP contribution >= 0.6 is 0 Å². The Morgan fingerprint density at radius 3 is 2.80 bits per heavy atom. The number of benzene rings is 2. The van der Waals surface area contributed by atoms with Crippen molar-refractivity contribution >= 4 is 16.8 Å². The number of aryl methyl sites for hydroxylation is 2. The number of nitrogens with zero attached hydrogens (tertiary/aromatic N) is 1. The van der Waals surface area contributed by atoms with Gasteiger partial charge in [-0.2, -0.15) is 0 Å². The first-order valence-electron chi connectivity index (χ1n) is 8.15. The number of nitrogens with one attached hydrogen (secondary N) is 1. The number of pyridine rings is 1. The number of hydrogen-bond donors (Lipinski definition) is 1. The van der Waals surface area contributed by atoms with Crippen molar-refractivity contribution in [2.24, 2.45) is 0 Å². The second-order valence-corrected chi connectivity index (χ2v) is 6.19. The first kappa shape index (κ1) is 15.4. The molecule has 5 heteroatoms. The van der Waals surface area contributed by atoms with E-state index in [4.69, 9.17) is 9.47 Å². The van der Waals surface area contributed by atoms with Crippen molar-refractivity contribution in [2.75, 3.05) is 6.79 Å². The van der Waals surface area contributed by atoms with E-state index in [0.29, 0.717) is 17.9 Å². The maximum atomic E-state index is 12.6. The Labute approximate surface area is 145 Å². The van der Waals surface area contributed by atoms with Crippen molar-refractivity contribution in [2.45, 2.75) is 20.4 Å². The van der Waals surface area contributed by atoms with Gasteiger partial charge in [-0.15, -0.1) is 0 Å². The topological polar surface area (TPSA) is 60.5 Å². The molecule has 1 aromatic heterocycles. The van der Waals surface area contributed by atoms with Crippen LogP contribution in [-0.4, -0.2) is 17.7 Å². The summed E-state index contributed by atoms with van der Waals surface area (Å²) in [5.41, 5.74) is 4.32. The third kappa shape index (κ3) is 3.01. The molecule has 0 unspecified atom stereocenters. The summed E-state index contributed by atoms with van der Waals surface area (Å²) in [5, 5.41) is 3.92. The van der Waals surface area contributed by atoms with E-state index < -0.39 is 0 Å². The number of aromatic nitrogens is 1. The Kier molecular flexibility index (Phi) is 3.76. The van der Waals surface area contributed by atoms with Gasteiger partial charge in [0.1, 0.15) is 0 Å². The van der Waals surface area contributed by atoms with Crippen LogP contribution < -0.4 is 14.8 Å². The van der Waals surface area contributed by atoms with Crippen LogP contribution in [0.15, 0.2) is 42.5 Å². The Balaban J connectivity index is 1.54. The molecular weight excluding hydrogens is 316 g/mol. The normalized spacial score (nSPS) is 12.4. The third-order valence-electron chi connectivity index (χ3n) is 4.30. The Morgan fingerprint density at radius 2 is 1.92 bits per heavy atom. The molecule has 0 spiro atoms. The second-order valence-electron chi connectivity index (χ2n) is 6.19. The number of ether oxygens (including phenoxy) is 2. The fraction of sp³-hybridized carbons (Fsp3) is 0.200. The maximum absolute atomic E-state index is 12.6. The summed E-state index contributed by atoms with van der Waals surface area (Å²) in [6.07, 6.45) is 0. The number of carbonyl (C=O) groups excluding carboxylic acids is 1. The Bertz CT molecular complexity index is 982. The fourth-order valence-electron chi connectivity index (χ4n) is 2.95. The molecule has 0 radical (unpaired) electrons. The molecule has 25 heavy (non-hydrogen) atoms. The number of carbonyl (C=O) groups is 1. The fourth-order valence-corrected chi connectivity index (χ4v) is 2.95. The molecule has 2 aromatic carbocycles. The van der Waals surface area contributed by atoms with Crippen molar-refractivity contribution in [1.82, 2.24) is 10.3 Å².